The lowest BCUT2D eigenvalue weighted by Crippen LogP contribution is -2.51. The van der Waals surface area contributed by atoms with Gasteiger partial charge in [0.05, 0.1) is 0 Å². The lowest BCUT2D eigenvalue weighted by Gasteiger charge is -2.45. The van der Waals surface area contributed by atoms with Crippen LogP contribution in [-0.4, -0.2) is 22.9 Å². The molecule has 3 nitrogen and oxygen atoms in total. The van der Waals surface area contributed by atoms with Gasteiger partial charge in [-0.3, -0.25) is 4.79 Å². The first-order valence-corrected chi connectivity index (χ1v) is 9.26. The van der Waals surface area contributed by atoms with E-state index in [1.54, 1.807) is 0 Å². The van der Waals surface area contributed by atoms with Crippen LogP contribution in [0.1, 0.15) is 50.2 Å². The first-order valence-electron chi connectivity index (χ1n) is 9.26. The maximum Gasteiger partial charge on any atom is 0.226 e. The molecule has 0 radical (unpaired) electrons. The van der Waals surface area contributed by atoms with Gasteiger partial charge in [0.25, 0.3) is 0 Å². The molecule has 3 unspecified atom stereocenters. The molecular weight excluding hydrogens is 284 g/mol. The van der Waals surface area contributed by atoms with Crippen LogP contribution in [0, 0.1) is 17.8 Å². The lowest BCUT2D eigenvalue weighted by molar-refractivity contribution is -0.141. The summed E-state index contributed by atoms with van der Waals surface area (Å²) in [6.45, 7) is 2.98. The van der Waals surface area contributed by atoms with Gasteiger partial charge in [0.1, 0.15) is 0 Å². The van der Waals surface area contributed by atoms with Crippen molar-refractivity contribution in [1.29, 1.82) is 0 Å². The number of carbonyl (C=O) groups is 1. The number of benzene rings is 1. The minimum atomic E-state index is 0.206. The van der Waals surface area contributed by atoms with Crippen molar-refractivity contribution >= 4 is 5.91 Å². The molecule has 2 bridgehead atoms. The third-order valence-corrected chi connectivity index (χ3v) is 6.55. The molecule has 3 atom stereocenters. The van der Waals surface area contributed by atoms with Gasteiger partial charge in [-0.05, 0) is 62.0 Å². The van der Waals surface area contributed by atoms with Crippen molar-refractivity contribution in [2.45, 2.75) is 64.1 Å². The van der Waals surface area contributed by atoms with E-state index in [2.05, 4.69) is 36.1 Å². The Bertz CT molecular complexity index is 585. The normalized spacial score (nSPS) is 36.4. The summed E-state index contributed by atoms with van der Waals surface area (Å²) in [5.74, 6) is 1.74. The van der Waals surface area contributed by atoms with Gasteiger partial charge in [0.2, 0.25) is 5.91 Å². The van der Waals surface area contributed by atoms with Gasteiger partial charge in [0, 0.05) is 24.5 Å². The molecule has 1 aliphatic heterocycles. The summed E-state index contributed by atoms with van der Waals surface area (Å²) in [4.78, 5) is 15.3. The summed E-state index contributed by atoms with van der Waals surface area (Å²) in [6, 6.07) is 9.22. The molecule has 23 heavy (non-hydrogen) atoms. The third kappa shape index (κ3) is 2.69. The van der Waals surface area contributed by atoms with Crippen LogP contribution in [0.2, 0.25) is 0 Å². The van der Waals surface area contributed by atoms with Crippen LogP contribution in [0.4, 0.5) is 0 Å². The topological polar surface area (TPSA) is 46.3 Å². The van der Waals surface area contributed by atoms with Gasteiger partial charge in [0.15, 0.2) is 0 Å². The highest BCUT2D eigenvalue weighted by Crippen LogP contribution is 2.43. The van der Waals surface area contributed by atoms with E-state index in [1.165, 1.54) is 30.4 Å². The van der Waals surface area contributed by atoms with Crippen LogP contribution >= 0.6 is 0 Å². The smallest absolute Gasteiger partial charge is 0.226 e. The fourth-order valence-corrected chi connectivity index (χ4v) is 5.20. The van der Waals surface area contributed by atoms with E-state index in [1.807, 2.05) is 0 Å². The fraction of sp³-hybridized carbons (Fsp3) is 0.650. The summed E-state index contributed by atoms with van der Waals surface area (Å²) in [6.07, 6.45) is 6.76. The molecule has 0 spiro atoms. The molecule has 2 fully saturated rings. The quantitative estimate of drug-likeness (QED) is 0.866. The zero-order chi connectivity index (χ0) is 16.0. The van der Waals surface area contributed by atoms with Crippen molar-refractivity contribution in [3.05, 3.63) is 35.4 Å². The van der Waals surface area contributed by atoms with Crippen LogP contribution in [-0.2, 0) is 17.8 Å². The Morgan fingerprint density at radius 2 is 1.78 bits per heavy atom. The van der Waals surface area contributed by atoms with Gasteiger partial charge in [-0.25, -0.2) is 0 Å². The van der Waals surface area contributed by atoms with Gasteiger partial charge in [-0.2, -0.15) is 0 Å². The molecule has 4 rings (SSSR count). The van der Waals surface area contributed by atoms with Gasteiger partial charge >= 0.3 is 0 Å². The maximum absolute atomic E-state index is 13.2. The zero-order valence-electron chi connectivity index (χ0n) is 14.1. The fourth-order valence-electron chi connectivity index (χ4n) is 5.20. The van der Waals surface area contributed by atoms with Crippen molar-refractivity contribution in [3.8, 4) is 0 Å². The molecule has 1 aromatic carbocycles. The summed E-state index contributed by atoms with van der Waals surface area (Å²) < 4.78 is 0. The van der Waals surface area contributed by atoms with Crippen LogP contribution in [0.25, 0.3) is 0 Å². The van der Waals surface area contributed by atoms with E-state index in [0.717, 1.165) is 25.8 Å². The number of nitrogens with two attached hydrogens (primary N) is 1. The number of nitrogens with zero attached hydrogens (tertiary/aromatic N) is 1. The van der Waals surface area contributed by atoms with E-state index in [0.29, 0.717) is 29.8 Å². The summed E-state index contributed by atoms with van der Waals surface area (Å²) in [7, 11) is 0. The number of rotatable bonds is 1. The minimum absolute atomic E-state index is 0.206. The van der Waals surface area contributed by atoms with Crippen LogP contribution in [0.5, 0.6) is 0 Å². The lowest BCUT2D eigenvalue weighted by atomic mass is 9.64. The number of amides is 1. The average molecular weight is 312 g/mol. The third-order valence-electron chi connectivity index (χ3n) is 6.55. The van der Waals surface area contributed by atoms with E-state index < -0.39 is 0 Å². The van der Waals surface area contributed by atoms with Crippen molar-refractivity contribution in [3.63, 3.8) is 0 Å². The summed E-state index contributed by atoms with van der Waals surface area (Å²) in [5.41, 5.74) is 9.13. The van der Waals surface area contributed by atoms with E-state index in [4.69, 9.17) is 5.73 Å². The summed E-state index contributed by atoms with van der Waals surface area (Å²) >= 11 is 0. The van der Waals surface area contributed by atoms with Crippen molar-refractivity contribution in [2.75, 3.05) is 0 Å². The van der Waals surface area contributed by atoms with Gasteiger partial charge < -0.3 is 10.6 Å². The Balaban J connectivity index is 1.51. The van der Waals surface area contributed by atoms with Crippen LogP contribution in [0.15, 0.2) is 24.3 Å². The Labute approximate surface area is 139 Å². The molecule has 3 heteroatoms. The highest BCUT2D eigenvalue weighted by molar-refractivity contribution is 5.79. The molecule has 0 saturated heterocycles. The van der Waals surface area contributed by atoms with Gasteiger partial charge in [-0.1, -0.05) is 30.7 Å². The molecule has 1 aromatic rings. The second-order valence-corrected chi connectivity index (χ2v) is 7.98. The van der Waals surface area contributed by atoms with Crippen molar-refractivity contribution in [1.82, 2.24) is 4.90 Å². The molecule has 0 aromatic heterocycles. The maximum atomic E-state index is 13.2. The molecule has 1 amide bonds. The highest BCUT2D eigenvalue weighted by atomic mass is 16.2. The SMILES string of the molecule is CC1Cc2ccccc2CN1C(=O)C1CC2CCCC(C1)C2N. The molecule has 2 saturated carbocycles. The number of hydrogen-bond donors (Lipinski definition) is 1. The Kier molecular flexibility index (Phi) is 3.92. The first-order chi connectivity index (χ1) is 11.1. The monoisotopic (exact) mass is 312 g/mol. The molecule has 1 heterocycles. The number of hydrogen-bond acceptors (Lipinski definition) is 2. The van der Waals surface area contributed by atoms with E-state index in [9.17, 15) is 4.79 Å². The standard InChI is InChI=1S/C20H28N2O/c1-13-9-14-5-2-3-6-17(14)12-22(13)20(23)18-10-15-7-4-8-16(11-18)19(15)21/h2-3,5-6,13,15-16,18-19H,4,7-12,21H2,1H3. The Morgan fingerprint density at radius 1 is 1.13 bits per heavy atom. The molecule has 124 valence electrons. The first kappa shape index (κ1) is 15.2. The van der Waals surface area contributed by atoms with Crippen LogP contribution in [0.3, 0.4) is 0 Å². The van der Waals surface area contributed by atoms with E-state index in [-0.39, 0.29) is 5.92 Å². The Morgan fingerprint density at radius 3 is 2.48 bits per heavy atom. The van der Waals surface area contributed by atoms with Crippen molar-refractivity contribution in [2.24, 2.45) is 23.5 Å². The van der Waals surface area contributed by atoms with Crippen molar-refractivity contribution < 1.29 is 4.79 Å². The van der Waals surface area contributed by atoms with Crippen LogP contribution < -0.4 is 5.73 Å². The Hall–Kier alpha value is -1.35. The number of carbonyl (C=O) groups excluding carboxylic acids is 1. The number of fused-ring (bicyclic) bond motifs is 3. The largest absolute Gasteiger partial charge is 0.335 e. The average Bonchev–Trinajstić information content (AvgIpc) is 2.53. The molecule has 2 N–H and O–H groups in total. The second-order valence-electron chi connectivity index (χ2n) is 7.98. The summed E-state index contributed by atoms with van der Waals surface area (Å²) in [5, 5.41) is 0. The predicted octanol–water partition coefficient (Wildman–Crippen LogP) is 3.11. The molecule has 2 aliphatic carbocycles. The second kappa shape index (κ2) is 5.94. The highest BCUT2D eigenvalue weighted by Gasteiger charge is 2.42. The van der Waals surface area contributed by atoms with E-state index >= 15 is 0 Å². The molecule has 3 aliphatic rings. The molecular formula is C20H28N2O. The zero-order valence-corrected chi connectivity index (χ0v) is 14.1. The minimum Gasteiger partial charge on any atom is -0.335 e. The van der Waals surface area contributed by atoms with Gasteiger partial charge in [-0.15, -0.1) is 0 Å². The predicted molar refractivity (Wildman–Crippen MR) is 91.7 cm³/mol.